The molecule has 0 saturated carbocycles. The molecular formula is C15H16ClN3O2. The Morgan fingerprint density at radius 1 is 1.24 bits per heavy atom. The Bertz CT molecular complexity index is 860. The first-order chi connectivity index (χ1) is 9.72. The van der Waals surface area contributed by atoms with Gasteiger partial charge in [0.05, 0.1) is 5.52 Å². The summed E-state index contributed by atoms with van der Waals surface area (Å²) in [5, 5.41) is 3.39. The second kappa shape index (κ2) is 5.09. The number of hydrogen-bond acceptors (Lipinski definition) is 3. The Morgan fingerprint density at radius 3 is 2.90 bits per heavy atom. The highest BCUT2D eigenvalue weighted by Gasteiger charge is 2.18. The number of rotatable bonds is 1. The standard InChI is InChI=1S/C15H15N3O2.ClH/c1-8-10-7-16-5-4-11(10)17-14(8)9-2-3-12-13(6-9)20-15(19)18-12;/h2-3,6,16-17H,4-5,7H2,1H3,(H,18,19);1H. The van der Waals surface area contributed by atoms with Crippen LogP contribution in [0.2, 0.25) is 0 Å². The molecule has 4 rings (SSSR count). The normalized spacial score (nSPS) is 14.0. The van der Waals surface area contributed by atoms with E-state index in [9.17, 15) is 4.79 Å². The summed E-state index contributed by atoms with van der Waals surface area (Å²) in [6.07, 6.45) is 1.03. The number of H-pyrrole nitrogens is 2. The Labute approximate surface area is 127 Å². The summed E-state index contributed by atoms with van der Waals surface area (Å²) in [6, 6.07) is 5.80. The summed E-state index contributed by atoms with van der Waals surface area (Å²) in [6.45, 7) is 4.06. The molecule has 1 aliphatic heterocycles. The Balaban J connectivity index is 0.00000132. The van der Waals surface area contributed by atoms with E-state index in [1.807, 2.05) is 18.2 Å². The summed E-state index contributed by atoms with van der Waals surface area (Å²) in [5.41, 5.74) is 7.43. The fourth-order valence-electron chi connectivity index (χ4n) is 2.97. The van der Waals surface area contributed by atoms with Crippen molar-refractivity contribution in [3.8, 4) is 11.3 Å². The molecule has 5 nitrogen and oxygen atoms in total. The molecule has 2 aromatic heterocycles. The van der Waals surface area contributed by atoms with Crippen LogP contribution in [0.3, 0.4) is 0 Å². The molecule has 0 atom stereocenters. The van der Waals surface area contributed by atoms with Gasteiger partial charge in [0.25, 0.3) is 0 Å². The van der Waals surface area contributed by atoms with Crippen LogP contribution < -0.4 is 11.1 Å². The van der Waals surface area contributed by atoms with Crippen LogP contribution in [0.1, 0.15) is 16.8 Å². The van der Waals surface area contributed by atoms with Gasteiger partial charge < -0.3 is 14.7 Å². The van der Waals surface area contributed by atoms with Gasteiger partial charge in [-0.05, 0) is 30.2 Å². The van der Waals surface area contributed by atoms with Crippen molar-refractivity contribution in [1.29, 1.82) is 0 Å². The molecule has 0 bridgehead atoms. The highest BCUT2D eigenvalue weighted by molar-refractivity contribution is 5.85. The molecule has 0 aliphatic carbocycles. The molecule has 3 N–H and O–H groups in total. The molecule has 1 aromatic carbocycles. The summed E-state index contributed by atoms with van der Waals surface area (Å²) >= 11 is 0. The van der Waals surface area contributed by atoms with Crippen LogP contribution >= 0.6 is 12.4 Å². The van der Waals surface area contributed by atoms with Crippen LogP contribution in [0.25, 0.3) is 22.4 Å². The van der Waals surface area contributed by atoms with E-state index in [4.69, 9.17) is 4.42 Å². The van der Waals surface area contributed by atoms with Gasteiger partial charge in [-0.1, -0.05) is 6.07 Å². The molecule has 3 aromatic rings. The molecular weight excluding hydrogens is 290 g/mol. The van der Waals surface area contributed by atoms with Crippen molar-refractivity contribution in [3.05, 3.63) is 45.6 Å². The predicted octanol–water partition coefficient (Wildman–Crippen LogP) is 2.49. The van der Waals surface area contributed by atoms with Gasteiger partial charge >= 0.3 is 5.76 Å². The van der Waals surface area contributed by atoms with Crippen molar-refractivity contribution in [1.82, 2.24) is 15.3 Å². The van der Waals surface area contributed by atoms with Gasteiger partial charge in [0, 0.05) is 36.5 Å². The molecule has 0 spiro atoms. The fraction of sp³-hybridized carbons (Fsp3) is 0.267. The largest absolute Gasteiger partial charge is 0.417 e. The summed E-state index contributed by atoms with van der Waals surface area (Å²) < 4.78 is 5.13. The Hall–Kier alpha value is -1.98. The summed E-state index contributed by atoms with van der Waals surface area (Å²) in [4.78, 5) is 17.4. The second-order valence-electron chi connectivity index (χ2n) is 5.23. The average Bonchev–Trinajstić information content (AvgIpc) is 2.98. The van der Waals surface area contributed by atoms with Crippen molar-refractivity contribution in [2.24, 2.45) is 0 Å². The lowest BCUT2D eigenvalue weighted by Crippen LogP contribution is -2.23. The van der Waals surface area contributed by atoms with Crippen LogP contribution in [0.5, 0.6) is 0 Å². The number of fused-ring (bicyclic) bond motifs is 2. The van der Waals surface area contributed by atoms with Crippen molar-refractivity contribution in [3.63, 3.8) is 0 Å². The molecule has 110 valence electrons. The van der Waals surface area contributed by atoms with E-state index in [-0.39, 0.29) is 12.4 Å². The first-order valence-corrected chi connectivity index (χ1v) is 6.76. The predicted molar refractivity (Wildman–Crippen MR) is 84.0 cm³/mol. The van der Waals surface area contributed by atoms with E-state index in [1.54, 1.807) is 0 Å². The second-order valence-corrected chi connectivity index (χ2v) is 5.23. The molecule has 0 radical (unpaired) electrons. The first-order valence-electron chi connectivity index (χ1n) is 6.76. The van der Waals surface area contributed by atoms with Crippen molar-refractivity contribution in [2.75, 3.05) is 6.54 Å². The number of aromatic nitrogens is 2. The SMILES string of the molecule is Cc1c(-c2ccc3[nH]c(=O)oc3c2)[nH]c2c1CNCC2.Cl. The van der Waals surface area contributed by atoms with Gasteiger partial charge in [-0.15, -0.1) is 12.4 Å². The maximum atomic E-state index is 11.2. The smallest absolute Gasteiger partial charge is 0.408 e. The summed E-state index contributed by atoms with van der Waals surface area (Å²) in [7, 11) is 0. The zero-order chi connectivity index (χ0) is 13.7. The third-order valence-corrected chi connectivity index (χ3v) is 4.03. The van der Waals surface area contributed by atoms with E-state index in [1.165, 1.54) is 16.8 Å². The molecule has 0 saturated heterocycles. The quantitative estimate of drug-likeness (QED) is 0.646. The van der Waals surface area contributed by atoms with E-state index < -0.39 is 5.76 Å². The summed E-state index contributed by atoms with van der Waals surface area (Å²) in [5.74, 6) is -0.413. The van der Waals surface area contributed by atoms with Crippen molar-refractivity contribution < 1.29 is 4.42 Å². The molecule has 0 unspecified atom stereocenters. The van der Waals surface area contributed by atoms with Crippen LogP contribution in [0, 0.1) is 6.92 Å². The fourth-order valence-corrected chi connectivity index (χ4v) is 2.97. The minimum Gasteiger partial charge on any atom is -0.408 e. The van der Waals surface area contributed by atoms with E-state index >= 15 is 0 Å². The highest BCUT2D eigenvalue weighted by Crippen LogP contribution is 2.30. The molecule has 0 fully saturated rings. The van der Waals surface area contributed by atoms with Gasteiger partial charge in [0.2, 0.25) is 0 Å². The maximum absolute atomic E-state index is 11.2. The number of hydrogen-bond donors (Lipinski definition) is 3. The zero-order valence-corrected chi connectivity index (χ0v) is 12.4. The van der Waals surface area contributed by atoms with Crippen molar-refractivity contribution in [2.45, 2.75) is 19.9 Å². The topological polar surface area (TPSA) is 73.8 Å². The van der Waals surface area contributed by atoms with E-state index in [2.05, 4.69) is 22.2 Å². The maximum Gasteiger partial charge on any atom is 0.417 e. The minimum atomic E-state index is -0.413. The number of oxazole rings is 1. The molecule has 21 heavy (non-hydrogen) atoms. The van der Waals surface area contributed by atoms with Crippen molar-refractivity contribution >= 4 is 23.5 Å². The number of aromatic amines is 2. The van der Waals surface area contributed by atoms with Crippen LogP contribution in [-0.4, -0.2) is 16.5 Å². The zero-order valence-electron chi connectivity index (χ0n) is 11.6. The average molecular weight is 306 g/mol. The monoisotopic (exact) mass is 305 g/mol. The lowest BCUT2D eigenvalue weighted by atomic mass is 10.0. The van der Waals surface area contributed by atoms with Gasteiger partial charge in [-0.3, -0.25) is 4.98 Å². The third-order valence-electron chi connectivity index (χ3n) is 4.03. The van der Waals surface area contributed by atoms with Gasteiger partial charge in [-0.25, -0.2) is 4.79 Å². The van der Waals surface area contributed by atoms with E-state index in [0.29, 0.717) is 5.58 Å². The highest BCUT2D eigenvalue weighted by atomic mass is 35.5. The lowest BCUT2D eigenvalue weighted by Gasteiger charge is -2.12. The lowest BCUT2D eigenvalue weighted by molar-refractivity contribution is 0.555. The van der Waals surface area contributed by atoms with Gasteiger partial charge in [-0.2, -0.15) is 0 Å². The number of nitrogens with one attached hydrogen (secondary N) is 3. The molecule has 3 heterocycles. The van der Waals surface area contributed by atoms with E-state index in [0.717, 1.165) is 36.3 Å². The third kappa shape index (κ3) is 2.18. The Morgan fingerprint density at radius 2 is 2.10 bits per heavy atom. The number of benzene rings is 1. The van der Waals surface area contributed by atoms with Gasteiger partial charge in [0.1, 0.15) is 0 Å². The molecule has 1 aliphatic rings. The minimum absolute atomic E-state index is 0. The van der Waals surface area contributed by atoms with Crippen LogP contribution in [0.15, 0.2) is 27.4 Å². The molecule has 6 heteroatoms. The molecule has 0 amide bonds. The Kier molecular flexibility index (Phi) is 3.39. The van der Waals surface area contributed by atoms with Gasteiger partial charge in [0.15, 0.2) is 5.58 Å². The first kappa shape index (κ1) is 14.0. The van der Waals surface area contributed by atoms with Crippen LogP contribution in [-0.2, 0) is 13.0 Å². The number of halogens is 1. The van der Waals surface area contributed by atoms with Crippen LogP contribution in [0.4, 0.5) is 0 Å².